The summed E-state index contributed by atoms with van der Waals surface area (Å²) in [6.07, 6.45) is 0.930. The first-order chi connectivity index (χ1) is 10.5. The fourth-order valence-corrected chi connectivity index (χ4v) is 2.76. The van der Waals surface area contributed by atoms with E-state index in [0.29, 0.717) is 0 Å². The SMILES string of the molecule is CCC(O)N1CCN(C(O)CC)CC1.CN1CCN(C)CC1. The van der Waals surface area contributed by atoms with Crippen LogP contribution in [-0.4, -0.2) is 109 Å². The summed E-state index contributed by atoms with van der Waals surface area (Å²) in [5.74, 6) is 0. The van der Waals surface area contributed by atoms with Crippen molar-refractivity contribution in [1.82, 2.24) is 19.6 Å². The molecule has 0 saturated carbocycles. The Morgan fingerprint density at radius 3 is 1.14 bits per heavy atom. The molecule has 2 heterocycles. The van der Waals surface area contributed by atoms with Gasteiger partial charge in [0, 0.05) is 52.4 Å². The maximum absolute atomic E-state index is 9.61. The van der Waals surface area contributed by atoms with Crippen molar-refractivity contribution < 1.29 is 10.2 Å². The minimum atomic E-state index is -0.309. The second kappa shape index (κ2) is 10.5. The number of aliphatic hydroxyl groups is 2. The Hall–Kier alpha value is -0.240. The van der Waals surface area contributed by atoms with Gasteiger partial charge in [-0.25, -0.2) is 0 Å². The zero-order chi connectivity index (χ0) is 16.5. The van der Waals surface area contributed by atoms with E-state index in [9.17, 15) is 10.2 Å². The van der Waals surface area contributed by atoms with Crippen LogP contribution in [0, 0.1) is 0 Å². The van der Waals surface area contributed by atoms with Crippen LogP contribution in [0.25, 0.3) is 0 Å². The van der Waals surface area contributed by atoms with E-state index < -0.39 is 0 Å². The van der Waals surface area contributed by atoms with Crippen LogP contribution in [0.4, 0.5) is 0 Å². The fourth-order valence-electron chi connectivity index (χ4n) is 2.76. The molecule has 0 aromatic carbocycles. The monoisotopic (exact) mass is 316 g/mol. The van der Waals surface area contributed by atoms with E-state index in [0.717, 1.165) is 39.0 Å². The largest absolute Gasteiger partial charge is 0.378 e. The minimum Gasteiger partial charge on any atom is -0.378 e. The van der Waals surface area contributed by atoms with Gasteiger partial charge in [-0.15, -0.1) is 0 Å². The van der Waals surface area contributed by atoms with Crippen LogP contribution in [0.5, 0.6) is 0 Å². The summed E-state index contributed by atoms with van der Waals surface area (Å²) in [6.45, 7) is 12.3. The third kappa shape index (κ3) is 6.89. The van der Waals surface area contributed by atoms with E-state index in [1.54, 1.807) is 0 Å². The highest BCUT2D eigenvalue weighted by molar-refractivity contribution is 4.74. The summed E-state index contributed by atoms with van der Waals surface area (Å²) in [6, 6.07) is 0. The summed E-state index contributed by atoms with van der Waals surface area (Å²) >= 11 is 0. The lowest BCUT2D eigenvalue weighted by atomic mass is 10.2. The van der Waals surface area contributed by atoms with Gasteiger partial charge < -0.3 is 20.0 Å². The van der Waals surface area contributed by atoms with Crippen molar-refractivity contribution in [2.75, 3.05) is 66.5 Å². The minimum absolute atomic E-state index is 0.309. The lowest BCUT2D eigenvalue weighted by Crippen LogP contribution is -2.52. The number of nitrogens with zero attached hydrogens (tertiary/aromatic N) is 4. The molecule has 2 unspecified atom stereocenters. The molecule has 0 aromatic heterocycles. The highest BCUT2D eigenvalue weighted by atomic mass is 16.3. The molecule has 2 aliphatic rings. The smallest absolute Gasteiger partial charge is 0.107 e. The third-order valence-corrected chi connectivity index (χ3v) is 4.65. The van der Waals surface area contributed by atoms with Gasteiger partial charge in [-0.05, 0) is 26.9 Å². The highest BCUT2D eigenvalue weighted by Gasteiger charge is 2.23. The number of hydrogen-bond acceptors (Lipinski definition) is 6. The van der Waals surface area contributed by atoms with Crippen LogP contribution < -0.4 is 0 Å². The second-order valence-corrected chi connectivity index (χ2v) is 6.46. The van der Waals surface area contributed by atoms with Gasteiger partial charge in [-0.2, -0.15) is 0 Å². The number of piperazine rings is 2. The molecule has 132 valence electrons. The molecule has 0 bridgehead atoms. The van der Waals surface area contributed by atoms with Crippen LogP contribution >= 0.6 is 0 Å². The maximum atomic E-state index is 9.61. The predicted molar refractivity (Wildman–Crippen MR) is 90.7 cm³/mol. The molecule has 2 aliphatic heterocycles. The molecule has 2 N–H and O–H groups in total. The summed E-state index contributed by atoms with van der Waals surface area (Å²) in [7, 11) is 4.35. The quantitative estimate of drug-likeness (QED) is 0.757. The number of likely N-dealkylation sites (N-methyl/N-ethyl adjacent to an activating group) is 2. The average Bonchev–Trinajstić information content (AvgIpc) is 2.56. The van der Waals surface area contributed by atoms with Gasteiger partial charge in [0.2, 0.25) is 0 Å². The molecule has 2 rings (SSSR count). The Bertz CT molecular complexity index is 249. The third-order valence-electron chi connectivity index (χ3n) is 4.65. The van der Waals surface area contributed by atoms with Gasteiger partial charge in [0.25, 0.3) is 0 Å². The van der Waals surface area contributed by atoms with Crippen LogP contribution in [0.2, 0.25) is 0 Å². The Balaban J connectivity index is 0.000000255. The Morgan fingerprint density at radius 1 is 0.636 bits per heavy atom. The number of aliphatic hydroxyl groups excluding tert-OH is 2. The molecule has 2 fully saturated rings. The van der Waals surface area contributed by atoms with Gasteiger partial charge in [0.1, 0.15) is 12.5 Å². The maximum Gasteiger partial charge on any atom is 0.107 e. The number of hydrogen-bond donors (Lipinski definition) is 2. The molecule has 0 spiro atoms. The molecule has 0 aromatic rings. The molecular formula is C16H36N4O2. The van der Waals surface area contributed by atoms with Crippen molar-refractivity contribution in [2.24, 2.45) is 0 Å². The van der Waals surface area contributed by atoms with E-state index in [1.807, 2.05) is 13.8 Å². The molecule has 2 saturated heterocycles. The first kappa shape index (κ1) is 19.8. The van der Waals surface area contributed by atoms with Gasteiger partial charge in [0.05, 0.1) is 0 Å². The normalized spacial score (nSPS) is 25.4. The lowest BCUT2D eigenvalue weighted by molar-refractivity contribution is -0.0704. The number of rotatable bonds is 4. The first-order valence-electron chi connectivity index (χ1n) is 8.69. The lowest BCUT2D eigenvalue weighted by Gasteiger charge is -2.38. The average molecular weight is 316 g/mol. The summed E-state index contributed by atoms with van der Waals surface area (Å²) in [5, 5.41) is 19.2. The van der Waals surface area contributed by atoms with E-state index in [4.69, 9.17) is 0 Å². The van der Waals surface area contributed by atoms with E-state index >= 15 is 0 Å². The Labute approximate surface area is 136 Å². The predicted octanol–water partition coefficient (Wildman–Crippen LogP) is -0.0756. The van der Waals surface area contributed by atoms with Gasteiger partial charge >= 0.3 is 0 Å². The summed E-state index contributed by atoms with van der Waals surface area (Å²) in [5.41, 5.74) is 0. The fraction of sp³-hybridized carbons (Fsp3) is 1.00. The molecule has 0 aliphatic carbocycles. The van der Waals surface area contributed by atoms with Crippen molar-refractivity contribution in [2.45, 2.75) is 39.1 Å². The van der Waals surface area contributed by atoms with Crippen molar-refractivity contribution in [1.29, 1.82) is 0 Å². The van der Waals surface area contributed by atoms with E-state index in [2.05, 4.69) is 33.7 Å². The van der Waals surface area contributed by atoms with Crippen LogP contribution in [-0.2, 0) is 0 Å². The Kier molecular flexibility index (Phi) is 9.47. The van der Waals surface area contributed by atoms with Gasteiger partial charge in [-0.1, -0.05) is 13.8 Å². The Morgan fingerprint density at radius 2 is 0.909 bits per heavy atom. The van der Waals surface area contributed by atoms with Gasteiger partial charge in [0.15, 0.2) is 0 Å². The van der Waals surface area contributed by atoms with Gasteiger partial charge in [-0.3, -0.25) is 9.80 Å². The van der Waals surface area contributed by atoms with Crippen molar-refractivity contribution in [3.05, 3.63) is 0 Å². The van der Waals surface area contributed by atoms with Crippen molar-refractivity contribution >= 4 is 0 Å². The van der Waals surface area contributed by atoms with Crippen molar-refractivity contribution in [3.8, 4) is 0 Å². The molecule has 0 radical (unpaired) electrons. The molecule has 6 nitrogen and oxygen atoms in total. The molecule has 22 heavy (non-hydrogen) atoms. The second-order valence-electron chi connectivity index (χ2n) is 6.46. The topological polar surface area (TPSA) is 53.4 Å². The zero-order valence-corrected chi connectivity index (χ0v) is 14.9. The molecule has 6 heteroatoms. The summed E-state index contributed by atoms with van der Waals surface area (Å²) in [4.78, 5) is 8.86. The van der Waals surface area contributed by atoms with Crippen LogP contribution in [0.3, 0.4) is 0 Å². The van der Waals surface area contributed by atoms with Crippen LogP contribution in [0.15, 0.2) is 0 Å². The first-order valence-corrected chi connectivity index (χ1v) is 8.69. The van der Waals surface area contributed by atoms with E-state index in [-0.39, 0.29) is 12.5 Å². The molecular weight excluding hydrogens is 280 g/mol. The molecule has 2 atom stereocenters. The summed E-state index contributed by atoms with van der Waals surface area (Å²) < 4.78 is 0. The highest BCUT2D eigenvalue weighted by Crippen LogP contribution is 2.10. The zero-order valence-electron chi connectivity index (χ0n) is 14.9. The van der Waals surface area contributed by atoms with Crippen LogP contribution in [0.1, 0.15) is 26.7 Å². The molecule has 0 amide bonds. The van der Waals surface area contributed by atoms with Crippen molar-refractivity contribution in [3.63, 3.8) is 0 Å². The van der Waals surface area contributed by atoms with E-state index in [1.165, 1.54) is 26.2 Å². The standard InChI is InChI=1S/C10H22N2O2.C6H14N2/c1-3-9(13)11-5-7-12(8-6-11)10(14)4-2;1-7-3-5-8(2)6-4-7/h9-10,13-14H,3-8H2,1-2H3;3-6H2,1-2H3.